The van der Waals surface area contributed by atoms with E-state index in [-0.39, 0.29) is 5.56 Å². The molecule has 0 aliphatic heterocycles. The molecule has 0 aliphatic carbocycles. The van der Waals surface area contributed by atoms with Gasteiger partial charge in [0, 0.05) is 17.6 Å². The van der Waals surface area contributed by atoms with E-state index in [1.54, 1.807) is 20.8 Å². The molecule has 2 amide bonds. The summed E-state index contributed by atoms with van der Waals surface area (Å²) in [6.07, 6.45) is -4.16. The summed E-state index contributed by atoms with van der Waals surface area (Å²) in [5, 5.41) is 2.05. The van der Waals surface area contributed by atoms with Crippen molar-refractivity contribution in [3.8, 4) is 0 Å². The van der Waals surface area contributed by atoms with Gasteiger partial charge in [-0.2, -0.15) is 13.2 Å². The fourth-order valence-electron chi connectivity index (χ4n) is 3.37. The third kappa shape index (κ3) is 8.32. The van der Waals surface area contributed by atoms with Crippen molar-refractivity contribution in [3.05, 3.63) is 64.4 Å². The Morgan fingerprint density at radius 1 is 1.08 bits per heavy atom. The van der Waals surface area contributed by atoms with Crippen LogP contribution in [0.2, 0.25) is 5.02 Å². The first-order valence-corrected chi connectivity index (χ1v) is 13.2. The Labute approximate surface area is 218 Å². The van der Waals surface area contributed by atoms with Gasteiger partial charge in [-0.15, -0.1) is 0 Å². The minimum Gasteiger partial charge on any atom is -0.350 e. The lowest BCUT2D eigenvalue weighted by Crippen LogP contribution is -2.54. The minimum atomic E-state index is -4.88. The molecule has 0 spiro atoms. The average molecular weight is 566 g/mol. The smallest absolute Gasteiger partial charge is 0.350 e. The van der Waals surface area contributed by atoms with Crippen LogP contribution in [0.1, 0.15) is 38.8 Å². The van der Waals surface area contributed by atoms with E-state index in [0.29, 0.717) is 10.4 Å². The highest BCUT2D eigenvalue weighted by molar-refractivity contribution is 7.92. The zero-order chi connectivity index (χ0) is 28.3. The summed E-state index contributed by atoms with van der Waals surface area (Å²) >= 11 is 5.65. The third-order valence-corrected chi connectivity index (χ3v) is 6.66. The molecule has 37 heavy (non-hydrogen) atoms. The number of nitrogens with zero attached hydrogens (tertiary/aromatic N) is 2. The molecule has 7 nitrogen and oxygen atoms in total. The predicted octanol–water partition coefficient (Wildman–Crippen LogP) is 4.60. The highest BCUT2D eigenvalue weighted by Crippen LogP contribution is 2.37. The number of hydrogen-bond acceptors (Lipinski definition) is 4. The molecule has 2 aromatic rings. The summed E-state index contributed by atoms with van der Waals surface area (Å²) in [7, 11) is -4.28. The van der Waals surface area contributed by atoms with Gasteiger partial charge in [-0.3, -0.25) is 13.9 Å². The average Bonchev–Trinajstić information content (AvgIpc) is 2.74. The van der Waals surface area contributed by atoms with Crippen LogP contribution >= 0.6 is 11.6 Å². The number of hydrogen-bond donors (Lipinski definition) is 1. The fourth-order valence-corrected chi connectivity index (χ4v) is 4.43. The second-order valence-electron chi connectivity index (χ2n) is 9.46. The van der Waals surface area contributed by atoms with Gasteiger partial charge in [-0.1, -0.05) is 29.8 Å². The van der Waals surface area contributed by atoms with Gasteiger partial charge in [0.1, 0.15) is 18.4 Å². The maximum absolute atomic E-state index is 14.4. The Hall–Kier alpha value is -2.86. The monoisotopic (exact) mass is 565 g/mol. The van der Waals surface area contributed by atoms with Gasteiger partial charge in [0.15, 0.2) is 0 Å². The van der Waals surface area contributed by atoms with Crippen LogP contribution in [0, 0.1) is 5.82 Å². The highest BCUT2D eigenvalue weighted by Gasteiger charge is 2.36. The number of benzene rings is 2. The molecule has 0 aliphatic rings. The van der Waals surface area contributed by atoms with Crippen LogP contribution in [0.25, 0.3) is 0 Å². The van der Waals surface area contributed by atoms with Crippen LogP contribution in [0.15, 0.2) is 42.5 Å². The molecule has 0 bridgehead atoms. The van der Waals surface area contributed by atoms with Gasteiger partial charge < -0.3 is 10.2 Å². The van der Waals surface area contributed by atoms with Gasteiger partial charge in [-0.05, 0) is 52.0 Å². The second kappa shape index (κ2) is 11.3. The number of carbonyl (C=O) groups excluding carboxylic acids is 2. The summed E-state index contributed by atoms with van der Waals surface area (Å²) in [5.41, 5.74) is -2.35. The summed E-state index contributed by atoms with van der Waals surface area (Å²) in [6.45, 7) is 5.19. The number of alkyl halides is 3. The van der Waals surface area contributed by atoms with E-state index in [4.69, 9.17) is 11.6 Å². The Morgan fingerprint density at radius 2 is 1.68 bits per heavy atom. The van der Waals surface area contributed by atoms with Gasteiger partial charge in [0.2, 0.25) is 21.8 Å². The molecule has 2 rings (SSSR count). The van der Waals surface area contributed by atoms with Crippen LogP contribution in [-0.2, 0) is 32.3 Å². The zero-order valence-electron chi connectivity index (χ0n) is 20.9. The second-order valence-corrected chi connectivity index (χ2v) is 11.8. The van der Waals surface area contributed by atoms with Gasteiger partial charge in [-0.25, -0.2) is 12.8 Å². The molecule has 0 heterocycles. The van der Waals surface area contributed by atoms with Crippen LogP contribution in [0.5, 0.6) is 0 Å². The molecule has 2 aromatic carbocycles. The van der Waals surface area contributed by atoms with Crippen molar-refractivity contribution >= 4 is 39.1 Å². The molecular weight excluding hydrogens is 538 g/mol. The quantitative estimate of drug-likeness (QED) is 0.474. The zero-order valence-corrected chi connectivity index (χ0v) is 22.4. The van der Waals surface area contributed by atoms with E-state index in [1.165, 1.54) is 25.1 Å². The lowest BCUT2D eigenvalue weighted by Gasteiger charge is -2.33. The molecule has 0 fully saturated rings. The Bertz CT molecular complexity index is 1260. The number of carbonyl (C=O) groups is 2. The molecule has 1 atom stereocenters. The molecule has 1 N–H and O–H groups in total. The Morgan fingerprint density at radius 3 is 2.19 bits per heavy atom. The summed E-state index contributed by atoms with van der Waals surface area (Å²) in [4.78, 5) is 27.2. The SMILES string of the molecule is CC(C(=O)NC(C)(C)C)N(Cc1ccccc1F)C(=O)CN(c1ccc(Cl)c(C(F)(F)F)c1)S(C)(=O)=O. The van der Waals surface area contributed by atoms with E-state index in [2.05, 4.69) is 5.32 Å². The molecule has 0 saturated heterocycles. The van der Waals surface area contributed by atoms with Crippen molar-refractivity contribution in [1.29, 1.82) is 0 Å². The molecular formula is C24H28ClF4N3O4S. The van der Waals surface area contributed by atoms with Crippen molar-refractivity contribution < 1.29 is 35.6 Å². The van der Waals surface area contributed by atoms with Crippen LogP contribution in [-0.4, -0.2) is 49.5 Å². The molecule has 1 unspecified atom stereocenters. The number of amides is 2. The highest BCUT2D eigenvalue weighted by atomic mass is 35.5. The Balaban J connectivity index is 2.51. The first-order valence-electron chi connectivity index (χ1n) is 11.0. The predicted molar refractivity (Wildman–Crippen MR) is 133 cm³/mol. The molecule has 204 valence electrons. The largest absolute Gasteiger partial charge is 0.417 e. The van der Waals surface area contributed by atoms with Crippen LogP contribution in [0.3, 0.4) is 0 Å². The topological polar surface area (TPSA) is 86.8 Å². The first-order chi connectivity index (χ1) is 16.8. The lowest BCUT2D eigenvalue weighted by atomic mass is 10.1. The summed E-state index contributed by atoms with van der Waals surface area (Å²) in [5.74, 6) is -2.18. The fraction of sp³-hybridized carbons (Fsp3) is 0.417. The van der Waals surface area contributed by atoms with Gasteiger partial charge >= 0.3 is 6.18 Å². The number of sulfonamides is 1. The van der Waals surface area contributed by atoms with E-state index >= 15 is 0 Å². The van der Waals surface area contributed by atoms with Crippen molar-refractivity contribution in [2.45, 2.75) is 52.0 Å². The summed E-state index contributed by atoms with van der Waals surface area (Å²) < 4.78 is 80.1. The van der Waals surface area contributed by atoms with Crippen molar-refractivity contribution in [2.75, 3.05) is 17.1 Å². The molecule has 13 heteroatoms. The standard InChI is InChI=1S/C24H28ClF4N3O4S/c1-15(22(34)30-23(2,3)4)31(13-16-8-6-7-9-20(16)26)21(33)14-32(37(5,35)36)17-10-11-19(25)18(12-17)24(27,28)29/h6-12,15H,13-14H2,1-5H3,(H,30,34). The first kappa shape index (κ1) is 30.4. The van der Waals surface area contributed by atoms with Crippen LogP contribution in [0.4, 0.5) is 23.2 Å². The normalized spacial score (nSPS) is 13.1. The Kier molecular flexibility index (Phi) is 9.24. The van der Waals surface area contributed by atoms with Gasteiger partial charge in [0.25, 0.3) is 0 Å². The van der Waals surface area contributed by atoms with Crippen LogP contribution < -0.4 is 9.62 Å². The van der Waals surface area contributed by atoms with Crippen molar-refractivity contribution in [3.63, 3.8) is 0 Å². The molecule has 0 saturated carbocycles. The van der Waals surface area contributed by atoms with Crippen molar-refractivity contribution in [2.24, 2.45) is 0 Å². The molecule has 0 aromatic heterocycles. The summed E-state index contributed by atoms with van der Waals surface area (Å²) in [6, 6.07) is 6.76. The minimum absolute atomic E-state index is 0.0583. The van der Waals surface area contributed by atoms with Crippen molar-refractivity contribution in [1.82, 2.24) is 10.2 Å². The van der Waals surface area contributed by atoms with E-state index < -0.39 is 74.8 Å². The maximum atomic E-state index is 14.4. The number of rotatable bonds is 8. The maximum Gasteiger partial charge on any atom is 0.417 e. The van der Waals surface area contributed by atoms with E-state index in [0.717, 1.165) is 29.4 Å². The lowest BCUT2D eigenvalue weighted by molar-refractivity contribution is -0.140. The number of halogens is 5. The third-order valence-electron chi connectivity index (χ3n) is 5.19. The van der Waals surface area contributed by atoms with E-state index in [1.807, 2.05) is 0 Å². The van der Waals surface area contributed by atoms with Gasteiger partial charge in [0.05, 0.1) is 22.5 Å². The number of anilines is 1. The molecule has 0 radical (unpaired) electrons. The van der Waals surface area contributed by atoms with E-state index in [9.17, 15) is 35.6 Å². The number of nitrogens with one attached hydrogen (secondary N) is 1.